The van der Waals surface area contributed by atoms with Gasteiger partial charge in [-0.3, -0.25) is 0 Å². The van der Waals surface area contributed by atoms with Crippen LogP contribution >= 0.6 is 22.7 Å². The van der Waals surface area contributed by atoms with Gasteiger partial charge < -0.3 is 0 Å². The van der Waals surface area contributed by atoms with E-state index >= 15 is 0 Å². The maximum absolute atomic E-state index is 2.65. The summed E-state index contributed by atoms with van der Waals surface area (Å²) in [6.07, 6.45) is 1.23. The molecule has 15 rings (SSSR count). The molecular weight excluding hydrogens is 999 g/mol. The van der Waals surface area contributed by atoms with Gasteiger partial charge in [0.1, 0.15) is 0 Å². The van der Waals surface area contributed by atoms with Crippen LogP contribution < -0.4 is 47.4 Å². The molecule has 2 aliphatic rings. The van der Waals surface area contributed by atoms with Crippen molar-refractivity contribution in [1.29, 1.82) is 0 Å². The van der Waals surface area contributed by atoms with Gasteiger partial charge in [0, 0.05) is 0 Å². The Hall–Kier alpha value is -6.71. The molecule has 334 valence electrons. The van der Waals surface area contributed by atoms with Crippen molar-refractivity contribution >= 4 is 163 Å². The Morgan fingerprint density at radius 3 is 1.30 bits per heavy atom. The van der Waals surface area contributed by atoms with E-state index in [9.17, 15) is 0 Å². The summed E-state index contributed by atoms with van der Waals surface area (Å²) in [6.45, 7) is 7.05. The topological polar surface area (TPSA) is 6.48 Å². The van der Waals surface area contributed by atoms with Crippen molar-refractivity contribution in [1.82, 2.24) is 0 Å². The van der Waals surface area contributed by atoms with Gasteiger partial charge >= 0.3 is 340 Å². The third-order valence-electron chi connectivity index (χ3n) is 15.3. The Balaban J connectivity index is 1.05. The fraction of sp³-hybridized carbons (Fsp3) is 0.0938. The van der Waals surface area contributed by atoms with Crippen molar-refractivity contribution in [3.8, 4) is 0 Å². The molecule has 2 aliphatic heterocycles. The van der Waals surface area contributed by atoms with Crippen LogP contribution in [-0.2, 0) is 0 Å². The standard InChI is InChI=1S/C64H45BIN2S2/c1-4-32-66-39-25-31-59-55(34-39)61-64(70-59)68(41-27-29-51-47-19-8-6-15-43(47)45-17-10-12-21-49(45)53(51)36-41)57-23-13-22-56-62(57)65(61)60-54-33-38(37(2)3)24-30-58(54)69-63(60)67(56)40-26-28-50-46-18-7-5-14-42(46)44-16-9-11-20-48(44)52(50)35-40/h5-31,33-37H,4,32H2,1-3H3/q-1. The Kier molecular flexibility index (Phi) is 9.19. The zero-order valence-electron chi connectivity index (χ0n) is 39.1. The Morgan fingerprint density at radius 1 is 0.414 bits per heavy atom. The molecule has 0 saturated carbocycles. The quantitative estimate of drug-likeness (QED) is 0.0709. The third-order valence-corrected chi connectivity index (χ3v) is 20.8. The third kappa shape index (κ3) is 5.84. The number of anilines is 6. The molecule has 0 spiro atoms. The van der Waals surface area contributed by atoms with Gasteiger partial charge in [0.25, 0.3) is 0 Å². The van der Waals surface area contributed by atoms with Crippen LogP contribution in [0.5, 0.6) is 0 Å². The summed E-state index contributed by atoms with van der Waals surface area (Å²) < 4.78 is 5.54. The summed E-state index contributed by atoms with van der Waals surface area (Å²) in [4.78, 5) is 5.29. The number of benzene rings is 11. The molecule has 11 aromatic carbocycles. The molecule has 4 heterocycles. The second kappa shape index (κ2) is 15.6. The predicted molar refractivity (Wildman–Crippen MR) is 304 cm³/mol. The molecule has 0 bridgehead atoms. The van der Waals surface area contributed by atoms with Crippen LogP contribution in [0.4, 0.5) is 32.8 Å². The Labute approximate surface area is 425 Å². The van der Waals surface area contributed by atoms with Crippen molar-refractivity contribution < 1.29 is 21.2 Å². The van der Waals surface area contributed by atoms with Gasteiger partial charge in [-0.05, 0) is 16.2 Å². The first-order chi connectivity index (χ1) is 34.5. The molecule has 6 heteroatoms. The molecule has 0 fully saturated rings. The molecule has 0 amide bonds. The molecule has 2 nitrogen and oxygen atoms in total. The first kappa shape index (κ1) is 41.1. The molecule has 0 atom stereocenters. The van der Waals surface area contributed by atoms with Crippen LogP contribution in [0.25, 0.3) is 84.8 Å². The van der Waals surface area contributed by atoms with E-state index in [4.69, 9.17) is 0 Å². The average molecular weight is 1040 g/mol. The van der Waals surface area contributed by atoms with Gasteiger partial charge in [0.05, 0.1) is 0 Å². The van der Waals surface area contributed by atoms with Crippen LogP contribution in [0.2, 0.25) is 0 Å². The van der Waals surface area contributed by atoms with Crippen LogP contribution in [0.3, 0.4) is 0 Å². The minimum atomic E-state index is -0.0946. The van der Waals surface area contributed by atoms with Gasteiger partial charge in [-0.15, -0.1) is 0 Å². The van der Waals surface area contributed by atoms with E-state index in [1.807, 2.05) is 22.7 Å². The molecule has 0 saturated heterocycles. The van der Waals surface area contributed by atoms with E-state index in [1.54, 1.807) is 0 Å². The van der Waals surface area contributed by atoms with Crippen LogP contribution in [0.15, 0.2) is 188 Å². The number of nitrogens with zero attached hydrogens (tertiary/aromatic N) is 2. The zero-order chi connectivity index (χ0) is 46.4. The minimum absolute atomic E-state index is 0.0451. The summed E-state index contributed by atoms with van der Waals surface area (Å²) in [6, 6.07) is 72.4. The molecule has 0 N–H and O–H groups in total. The SMILES string of the molecule is CCC[I-]c1ccc2sc3c(c2c1)B1c2c(cccc2N(c2ccc4c5ccccc5c5ccccc5c4c2)c2sc4ccc(C(C)C)cc4c21)N3c1ccc2c3ccccc3c3ccccc3c2c1. The van der Waals surface area contributed by atoms with E-state index < -0.39 is 0 Å². The van der Waals surface area contributed by atoms with Crippen LogP contribution in [0, 0.1) is 3.57 Å². The Morgan fingerprint density at radius 2 is 0.843 bits per heavy atom. The van der Waals surface area contributed by atoms with Gasteiger partial charge in [0.2, 0.25) is 0 Å². The van der Waals surface area contributed by atoms with Crippen molar-refractivity contribution in [2.24, 2.45) is 0 Å². The van der Waals surface area contributed by atoms with E-state index in [2.05, 4.69) is 219 Å². The van der Waals surface area contributed by atoms with Gasteiger partial charge in [-0.1, -0.05) is 72.8 Å². The monoisotopic (exact) mass is 1040 g/mol. The number of fused-ring (bicyclic) bond motifs is 20. The molecule has 2 aromatic heterocycles. The zero-order valence-corrected chi connectivity index (χ0v) is 42.8. The number of rotatable bonds is 6. The summed E-state index contributed by atoms with van der Waals surface area (Å²) >= 11 is 3.85. The van der Waals surface area contributed by atoms with Gasteiger partial charge in [-0.25, -0.2) is 0 Å². The summed E-state index contributed by atoms with van der Waals surface area (Å²) in [5.41, 5.74) is 10.6. The normalized spacial score (nSPS) is 13.3. The predicted octanol–water partition coefficient (Wildman–Crippen LogP) is 13.9. The molecule has 0 aliphatic carbocycles. The molecule has 0 unspecified atom stereocenters. The number of alkyl halides is 1. The van der Waals surface area contributed by atoms with E-state index in [-0.39, 0.29) is 27.9 Å². The number of hydrogen-bond acceptors (Lipinski definition) is 4. The van der Waals surface area contributed by atoms with E-state index in [1.165, 1.54) is 154 Å². The first-order valence-electron chi connectivity index (χ1n) is 24.6. The fourth-order valence-corrected chi connectivity index (χ4v) is 16.8. The van der Waals surface area contributed by atoms with Crippen molar-refractivity contribution in [2.75, 3.05) is 14.2 Å². The van der Waals surface area contributed by atoms with Crippen LogP contribution in [0.1, 0.15) is 38.7 Å². The summed E-state index contributed by atoms with van der Waals surface area (Å²) in [5.74, 6) is 0.414. The van der Waals surface area contributed by atoms with Crippen molar-refractivity contribution in [2.45, 2.75) is 33.1 Å². The molecule has 13 aromatic rings. The van der Waals surface area contributed by atoms with E-state index in [0.717, 1.165) is 0 Å². The summed E-state index contributed by atoms with van der Waals surface area (Å²) in [7, 11) is 0. The van der Waals surface area contributed by atoms with Crippen molar-refractivity contribution in [3.05, 3.63) is 197 Å². The molecule has 0 radical (unpaired) electrons. The second-order valence-electron chi connectivity index (χ2n) is 19.5. The molecule has 70 heavy (non-hydrogen) atoms. The second-order valence-corrected chi connectivity index (χ2v) is 24.6. The average Bonchev–Trinajstić information content (AvgIpc) is 3.98. The first-order valence-corrected chi connectivity index (χ1v) is 28.9. The van der Waals surface area contributed by atoms with Gasteiger partial charge in [0.15, 0.2) is 0 Å². The van der Waals surface area contributed by atoms with Crippen LogP contribution in [-0.4, -0.2) is 11.1 Å². The number of hydrogen-bond donors (Lipinski definition) is 0. The number of halogens is 1. The summed E-state index contributed by atoms with van der Waals surface area (Å²) in [5, 5.41) is 21.0. The maximum atomic E-state index is 2.65. The fourth-order valence-electron chi connectivity index (χ4n) is 12.2. The molecular formula is C64H45BIN2S2-. The Bertz CT molecular complexity index is 4290. The number of thiophene rings is 2. The van der Waals surface area contributed by atoms with Gasteiger partial charge in [-0.2, -0.15) is 0 Å². The van der Waals surface area contributed by atoms with E-state index in [0.29, 0.717) is 5.92 Å². The van der Waals surface area contributed by atoms with Crippen molar-refractivity contribution in [3.63, 3.8) is 0 Å².